The van der Waals surface area contributed by atoms with Gasteiger partial charge in [-0.1, -0.05) is 5.18 Å². The van der Waals surface area contributed by atoms with Crippen LogP contribution in [0.5, 0.6) is 0 Å². The fraction of sp³-hybridized carbons (Fsp3) is 0.643. The lowest BCUT2D eigenvalue weighted by Gasteiger charge is -2.19. The zero-order valence-electron chi connectivity index (χ0n) is 13.0. The highest BCUT2D eigenvalue weighted by Gasteiger charge is 2.23. The quantitative estimate of drug-likeness (QED) is 0.569. The van der Waals surface area contributed by atoms with Crippen LogP contribution in [0.4, 0.5) is 0 Å². The minimum Gasteiger partial charge on any atom is -0.330 e. The first-order valence-corrected chi connectivity index (χ1v) is 7.01. The van der Waals surface area contributed by atoms with Crippen LogP contribution in [0.15, 0.2) is 11.5 Å². The lowest BCUT2D eigenvalue weighted by Crippen LogP contribution is -2.37. The molecule has 0 aliphatic heterocycles. The van der Waals surface area contributed by atoms with Crippen molar-refractivity contribution in [3.05, 3.63) is 22.6 Å². The molecule has 1 aromatic rings. The van der Waals surface area contributed by atoms with Crippen molar-refractivity contribution in [3.8, 4) is 0 Å². The fourth-order valence-electron chi connectivity index (χ4n) is 2.15. The Balaban J connectivity index is 2.68. The SMILES string of the molecule is CC(=O)N(CCCCC(C)N=O)C(=O)c1c(C)ncn1C. The molecule has 1 heterocycles. The Kier molecular flexibility index (Phi) is 6.20. The van der Waals surface area contributed by atoms with E-state index in [0.29, 0.717) is 30.8 Å². The lowest BCUT2D eigenvalue weighted by molar-refractivity contribution is -0.126. The molecule has 21 heavy (non-hydrogen) atoms. The molecule has 0 fully saturated rings. The normalized spacial score (nSPS) is 12.0. The molecule has 2 amide bonds. The van der Waals surface area contributed by atoms with Crippen molar-refractivity contribution in [2.24, 2.45) is 12.2 Å². The predicted octanol–water partition coefficient (Wildman–Crippen LogP) is 2.04. The number of unbranched alkanes of at least 4 members (excludes halogenated alkanes) is 1. The molecule has 0 bridgehead atoms. The average molecular weight is 294 g/mol. The van der Waals surface area contributed by atoms with E-state index in [9.17, 15) is 14.5 Å². The molecule has 0 N–H and O–H groups in total. The third kappa shape index (κ3) is 4.47. The van der Waals surface area contributed by atoms with Gasteiger partial charge in [-0.05, 0) is 33.1 Å². The molecule has 0 spiro atoms. The Labute approximate surface area is 124 Å². The van der Waals surface area contributed by atoms with Gasteiger partial charge in [0.15, 0.2) is 0 Å². The van der Waals surface area contributed by atoms with Crippen molar-refractivity contribution < 1.29 is 9.59 Å². The molecule has 0 aromatic carbocycles. The summed E-state index contributed by atoms with van der Waals surface area (Å²) >= 11 is 0. The van der Waals surface area contributed by atoms with Gasteiger partial charge in [0.05, 0.1) is 18.1 Å². The largest absolute Gasteiger partial charge is 0.330 e. The Morgan fingerprint density at radius 1 is 1.43 bits per heavy atom. The molecule has 7 heteroatoms. The monoisotopic (exact) mass is 294 g/mol. The van der Waals surface area contributed by atoms with Gasteiger partial charge in [0.25, 0.3) is 5.91 Å². The summed E-state index contributed by atoms with van der Waals surface area (Å²) < 4.78 is 1.62. The van der Waals surface area contributed by atoms with Crippen molar-refractivity contribution in [2.45, 2.75) is 46.1 Å². The van der Waals surface area contributed by atoms with E-state index in [0.717, 1.165) is 6.42 Å². The number of imidazole rings is 1. The number of carbonyl (C=O) groups excluding carboxylic acids is 2. The average Bonchev–Trinajstić information content (AvgIpc) is 2.76. The predicted molar refractivity (Wildman–Crippen MR) is 78.8 cm³/mol. The minimum absolute atomic E-state index is 0.231. The van der Waals surface area contributed by atoms with Crippen molar-refractivity contribution in [1.29, 1.82) is 0 Å². The Morgan fingerprint density at radius 2 is 2.10 bits per heavy atom. The summed E-state index contributed by atoms with van der Waals surface area (Å²) in [5.74, 6) is -0.622. The highest BCUT2D eigenvalue weighted by molar-refractivity contribution is 6.03. The Hall–Kier alpha value is -2.05. The number of hydrogen-bond acceptors (Lipinski definition) is 5. The maximum absolute atomic E-state index is 12.4. The number of hydrogen-bond donors (Lipinski definition) is 0. The second-order valence-electron chi connectivity index (χ2n) is 5.22. The van der Waals surface area contributed by atoms with Crippen molar-refractivity contribution in [1.82, 2.24) is 14.5 Å². The molecular weight excluding hydrogens is 272 g/mol. The summed E-state index contributed by atoms with van der Waals surface area (Å²) in [6.07, 6.45) is 3.61. The van der Waals surface area contributed by atoms with Gasteiger partial charge >= 0.3 is 0 Å². The van der Waals surface area contributed by atoms with Crippen molar-refractivity contribution in [3.63, 3.8) is 0 Å². The number of nitroso groups, excluding NO2 is 1. The zero-order chi connectivity index (χ0) is 16.0. The minimum atomic E-state index is -0.332. The highest BCUT2D eigenvalue weighted by atomic mass is 16.3. The third-order valence-corrected chi connectivity index (χ3v) is 3.38. The number of aromatic nitrogens is 2. The summed E-state index contributed by atoms with van der Waals surface area (Å²) in [7, 11) is 1.73. The number of rotatable bonds is 7. The van der Waals surface area contributed by atoms with Gasteiger partial charge in [0, 0.05) is 20.5 Å². The first-order chi connectivity index (χ1) is 9.88. The van der Waals surface area contributed by atoms with Crippen LogP contribution in [0, 0.1) is 11.8 Å². The molecule has 7 nitrogen and oxygen atoms in total. The van der Waals surface area contributed by atoms with E-state index in [-0.39, 0.29) is 17.9 Å². The van der Waals surface area contributed by atoms with E-state index in [1.54, 1.807) is 31.8 Å². The van der Waals surface area contributed by atoms with Gasteiger partial charge in [-0.3, -0.25) is 14.5 Å². The van der Waals surface area contributed by atoms with Gasteiger partial charge in [-0.2, -0.15) is 4.91 Å². The van der Waals surface area contributed by atoms with Crippen LogP contribution in [0.1, 0.15) is 49.3 Å². The number of imide groups is 1. The van der Waals surface area contributed by atoms with Crippen LogP contribution in [-0.4, -0.2) is 38.9 Å². The third-order valence-electron chi connectivity index (χ3n) is 3.38. The molecule has 1 unspecified atom stereocenters. The van der Waals surface area contributed by atoms with E-state index in [1.807, 2.05) is 0 Å². The number of nitrogens with zero attached hydrogens (tertiary/aromatic N) is 4. The number of amides is 2. The molecule has 1 aromatic heterocycles. The standard InChI is InChI=1S/C14H22N4O3/c1-10(16-21)7-5-6-8-18(12(3)19)14(20)13-11(2)15-9-17(13)4/h9-10H,5-8H2,1-4H3. The summed E-state index contributed by atoms with van der Waals surface area (Å²) in [4.78, 5) is 39.7. The molecular formula is C14H22N4O3. The van der Waals surface area contributed by atoms with Crippen LogP contribution in [0.3, 0.4) is 0 Å². The maximum atomic E-state index is 12.4. The Bertz CT molecular complexity index is 505. The van der Waals surface area contributed by atoms with E-state index >= 15 is 0 Å². The molecule has 0 saturated carbocycles. The van der Waals surface area contributed by atoms with Crippen LogP contribution in [-0.2, 0) is 11.8 Å². The van der Waals surface area contributed by atoms with Crippen molar-refractivity contribution in [2.75, 3.05) is 6.54 Å². The second kappa shape index (κ2) is 7.66. The van der Waals surface area contributed by atoms with Gasteiger partial charge in [-0.15, -0.1) is 0 Å². The van der Waals surface area contributed by atoms with Gasteiger partial charge in [0.2, 0.25) is 5.91 Å². The molecule has 0 saturated heterocycles. The van der Waals surface area contributed by atoms with Gasteiger partial charge in [0.1, 0.15) is 5.69 Å². The maximum Gasteiger partial charge on any atom is 0.278 e. The smallest absolute Gasteiger partial charge is 0.278 e. The molecule has 0 aliphatic rings. The molecule has 116 valence electrons. The molecule has 1 rings (SSSR count). The lowest BCUT2D eigenvalue weighted by atomic mass is 10.1. The van der Waals surface area contributed by atoms with Crippen LogP contribution >= 0.6 is 0 Å². The van der Waals surface area contributed by atoms with E-state index in [1.165, 1.54) is 11.8 Å². The van der Waals surface area contributed by atoms with E-state index in [2.05, 4.69) is 10.2 Å². The molecule has 1 atom stereocenters. The first-order valence-electron chi connectivity index (χ1n) is 7.01. The van der Waals surface area contributed by atoms with Crippen LogP contribution < -0.4 is 0 Å². The molecule has 0 aliphatic carbocycles. The van der Waals surface area contributed by atoms with E-state index in [4.69, 9.17) is 0 Å². The summed E-state index contributed by atoms with van der Waals surface area (Å²) in [6, 6.07) is -0.231. The fourth-order valence-corrected chi connectivity index (χ4v) is 2.15. The van der Waals surface area contributed by atoms with Gasteiger partial charge < -0.3 is 4.57 Å². The summed E-state index contributed by atoms with van der Waals surface area (Å²) in [5, 5.41) is 2.93. The Morgan fingerprint density at radius 3 is 2.57 bits per heavy atom. The van der Waals surface area contributed by atoms with Gasteiger partial charge in [-0.25, -0.2) is 4.98 Å². The molecule has 0 radical (unpaired) electrons. The summed E-state index contributed by atoms with van der Waals surface area (Å²) in [5.41, 5.74) is 1.03. The summed E-state index contributed by atoms with van der Waals surface area (Å²) in [6.45, 7) is 5.20. The topological polar surface area (TPSA) is 84.6 Å². The van der Waals surface area contributed by atoms with Crippen LogP contribution in [0.25, 0.3) is 0 Å². The highest BCUT2D eigenvalue weighted by Crippen LogP contribution is 2.11. The first kappa shape index (κ1) is 17.0. The zero-order valence-corrected chi connectivity index (χ0v) is 13.0. The number of aryl methyl sites for hydroxylation is 2. The second-order valence-corrected chi connectivity index (χ2v) is 5.22. The van der Waals surface area contributed by atoms with Crippen molar-refractivity contribution >= 4 is 11.8 Å². The van der Waals surface area contributed by atoms with Crippen LogP contribution in [0.2, 0.25) is 0 Å². The van der Waals surface area contributed by atoms with E-state index < -0.39 is 0 Å². The number of carbonyl (C=O) groups is 2.